The predicted molar refractivity (Wildman–Crippen MR) is 117 cm³/mol. The van der Waals surface area contributed by atoms with Gasteiger partial charge in [0.2, 0.25) is 5.75 Å². The fourth-order valence-electron chi connectivity index (χ4n) is 3.96. The Kier molecular flexibility index (Phi) is 7.00. The first-order valence-corrected chi connectivity index (χ1v) is 10.4. The highest BCUT2D eigenvalue weighted by Gasteiger charge is 2.45. The minimum atomic E-state index is -1.53. The fraction of sp³-hybridized carbons (Fsp3) is 0.476. The first-order valence-electron chi connectivity index (χ1n) is 10.4. The number of ether oxygens (including phenoxy) is 4. The van der Waals surface area contributed by atoms with E-state index in [-0.39, 0.29) is 0 Å². The first-order chi connectivity index (χ1) is 16.4. The van der Waals surface area contributed by atoms with Gasteiger partial charge in [-0.05, 0) is 12.1 Å². The Hall–Kier alpha value is -3.23. The van der Waals surface area contributed by atoms with E-state index in [0.29, 0.717) is 41.1 Å². The molecule has 3 aliphatic rings. The van der Waals surface area contributed by atoms with Crippen LogP contribution in [0.3, 0.4) is 0 Å². The number of nitrogens with zero attached hydrogens (tertiary/aromatic N) is 4. The van der Waals surface area contributed by atoms with Gasteiger partial charge in [0.1, 0.15) is 37.1 Å². The second kappa shape index (κ2) is 9.95. The predicted octanol–water partition coefficient (Wildman–Crippen LogP) is -0.612. The smallest absolute Gasteiger partial charge is 0.203 e. The lowest BCUT2D eigenvalue weighted by atomic mass is 9.98. The molecule has 13 heteroatoms. The second-order valence-corrected chi connectivity index (χ2v) is 7.61. The summed E-state index contributed by atoms with van der Waals surface area (Å²) in [6.45, 7) is -0.236. The maximum Gasteiger partial charge on any atom is 0.203 e. The van der Waals surface area contributed by atoms with E-state index in [4.69, 9.17) is 18.9 Å². The third-order valence-electron chi connectivity index (χ3n) is 5.73. The van der Waals surface area contributed by atoms with Crippen LogP contribution < -0.4 is 19.5 Å². The van der Waals surface area contributed by atoms with Crippen LogP contribution in [0.5, 0.6) is 17.2 Å². The zero-order chi connectivity index (χ0) is 24.4. The number of fused-ring (bicyclic) bond motifs is 1. The Morgan fingerprint density at radius 1 is 0.971 bits per heavy atom. The Labute approximate surface area is 194 Å². The molecule has 5 N–H and O–H groups in total. The van der Waals surface area contributed by atoms with Crippen LogP contribution in [-0.4, -0.2) is 92.3 Å². The van der Waals surface area contributed by atoms with Crippen LogP contribution in [0, 0.1) is 0 Å². The summed E-state index contributed by atoms with van der Waals surface area (Å²) in [5, 5.41) is 43.3. The van der Waals surface area contributed by atoms with Crippen LogP contribution in [0.4, 0.5) is 5.82 Å². The molecule has 0 radical (unpaired) electrons. The molecule has 184 valence electrons. The molecular formula is C21H27N5O8. The van der Waals surface area contributed by atoms with Gasteiger partial charge in [-0.25, -0.2) is 15.0 Å². The molecule has 1 unspecified atom stereocenters. The summed E-state index contributed by atoms with van der Waals surface area (Å²) in [4.78, 5) is 12.9. The van der Waals surface area contributed by atoms with Gasteiger partial charge in [0.25, 0.3) is 0 Å². The molecule has 1 aromatic rings. The SMILES string of the molecule is COc1ccc(CNc2ncn(C3O[C@H](CO)[C@@H](O)[C@H](O)[C@H]3O)c3ncnc2-3)c(OC)c1OC. The van der Waals surface area contributed by atoms with Gasteiger partial charge < -0.3 is 44.7 Å². The molecule has 0 saturated carbocycles. The maximum absolute atomic E-state index is 10.5. The van der Waals surface area contributed by atoms with Gasteiger partial charge in [-0.2, -0.15) is 0 Å². The molecule has 4 rings (SSSR count). The Balaban J connectivity index is 1.61. The zero-order valence-electron chi connectivity index (χ0n) is 18.8. The molecule has 13 nitrogen and oxygen atoms in total. The number of rotatable bonds is 8. The molecule has 3 heterocycles. The third kappa shape index (κ3) is 4.08. The van der Waals surface area contributed by atoms with Crippen molar-refractivity contribution < 1.29 is 39.4 Å². The van der Waals surface area contributed by atoms with Crippen molar-refractivity contribution in [1.82, 2.24) is 19.5 Å². The summed E-state index contributed by atoms with van der Waals surface area (Å²) >= 11 is 0. The molecule has 1 aromatic carbocycles. The van der Waals surface area contributed by atoms with Crippen molar-refractivity contribution in [2.75, 3.05) is 33.3 Å². The van der Waals surface area contributed by atoms with E-state index in [9.17, 15) is 20.4 Å². The van der Waals surface area contributed by atoms with Gasteiger partial charge in [0, 0.05) is 12.1 Å². The van der Waals surface area contributed by atoms with Crippen LogP contribution in [0.2, 0.25) is 0 Å². The molecule has 0 spiro atoms. The molecule has 34 heavy (non-hydrogen) atoms. The molecule has 0 aliphatic carbocycles. The lowest BCUT2D eigenvalue weighted by molar-refractivity contribution is -0.251. The van der Waals surface area contributed by atoms with Crippen LogP contribution >= 0.6 is 0 Å². The van der Waals surface area contributed by atoms with Crippen molar-refractivity contribution in [3.63, 3.8) is 0 Å². The van der Waals surface area contributed by atoms with E-state index >= 15 is 0 Å². The highest BCUT2D eigenvalue weighted by Crippen LogP contribution is 2.40. The third-order valence-corrected chi connectivity index (χ3v) is 5.73. The normalized spacial score (nSPS) is 24.7. The number of methoxy groups -OCH3 is 3. The summed E-state index contributed by atoms with van der Waals surface area (Å²) in [5.41, 5.74) is 1.17. The quantitative estimate of drug-likeness (QED) is 0.279. The number of aromatic nitrogens is 4. The van der Waals surface area contributed by atoms with E-state index in [2.05, 4.69) is 20.3 Å². The van der Waals surface area contributed by atoms with Gasteiger partial charge in [-0.15, -0.1) is 0 Å². The number of imidazole rings is 1. The summed E-state index contributed by atoms with van der Waals surface area (Å²) in [6, 6.07) is 3.60. The molecular weight excluding hydrogens is 450 g/mol. The van der Waals surface area contributed by atoms with Crippen LogP contribution in [0.25, 0.3) is 11.5 Å². The standard InChI is InChI=1S/C21H27N5O8/c1-31-11-5-4-10(17(32-2)18(11)33-3)6-22-19-13-20(24-8-23-13)26(9-25-19)21-16(30)15(29)14(28)12(7-27)34-21/h4-5,8-9,12,14-16,21-22,27-30H,6-7H2,1-3H3/t12-,14-,15+,16-,21?/m1/s1. The highest BCUT2D eigenvalue weighted by molar-refractivity contribution is 5.67. The van der Waals surface area contributed by atoms with E-state index in [1.165, 1.54) is 31.4 Å². The maximum atomic E-state index is 10.5. The van der Waals surface area contributed by atoms with Gasteiger partial charge in [-0.3, -0.25) is 4.57 Å². The molecule has 0 aromatic heterocycles. The number of anilines is 1. The van der Waals surface area contributed by atoms with Crippen molar-refractivity contribution in [2.45, 2.75) is 37.2 Å². The molecule has 1 saturated heterocycles. The zero-order valence-corrected chi connectivity index (χ0v) is 18.8. The second-order valence-electron chi connectivity index (χ2n) is 7.61. The monoisotopic (exact) mass is 477 g/mol. The highest BCUT2D eigenvalue weighted by atomic mass is 16.6. The Morgan fingerprint density at radius 3 is 2.41 bits per heavy atom. The topological polar surface area (TPSA) is 173 Å². The summed E-state index contributed by atoms with van der Waals surface area (Å²) in [6.07, 6.45) is -4.00. The lowest BCUT2D eigenvalue weighted by Crippen LogP contribution is -2.56. The van der Waals surface area contributed by atoms with E-state index in [1.807, 2.05) is 6.07 Å². The summed E-state index contributed by atoms with van der Waals surface area (Å²) in [5.74, 6) is 2.23. The average Bonchev–Trinajstić information content (AvgIpc) is 3.36. The number of nitrogens with one attached hydrogen (secondary N) is 1. The van der Waals surface area contributed by atoms with Crippen molar-refractivity contribution in [2.24, 2.45) is 0 Å². The molecule has 5 atom stereocenters. The molecule has 0 bridgehead atoms. The largest absolute Gasteiger partial charge is 0.493 e. The fourth-order valence-corrected chi connectivity index (χ4v) is 3.96. The molecule has 3 aliphatic heterocycles. The van der Waals surface area contributed by atoms with Crippen LogP contribution in [-0.2, 0) is 11.3 Å². The van der Waals surface area contributed by atoms with Crippen LogP contribution in [0.1, 0.15) is 11.8 Å². The summed E-state index contributed by atoms with van der Waals surface area (Å²) in [7, 11) is 4.60. The van der Waals surface area contributed by atoms with Crippen molar-refractivity contribution >= 4 is 5.82 Å². The van der Waals surface area contributed by atoms with E-state index < -0.39 is 37.3 Å². The van der Waals surface area contributed by atoms with E-state index in [0.717, 1.165) is 5.56 Å². The number of benzene rings is 1. The van der Waals surface area contributed by atoms with Crippen LogP contribution in [0.15, 0.2) is 24.8 Å². The lowest BCUT2D eigenvalue weighted by Gasteiger charge is -2.41. The van der Waals surface area contributed by atoms with Gasteiger partial charge in [-0.1, -0.05) is 0 Å². The van der Waals surface area contributed by atoms with Gasteiger partial charge in [0.05, 0.1) is 27.9 Å². The molecule has 0 amide bonds. The Morgan fingerprint density at radius 2 is 1.74 bits per heavy atom. The van der Waals surface area contributed by atoms with Gasteiger partial charge in [0.15, 0.2) is 35.1 Å². The summed E-state index contributed by atoms with van der Waals surface area (Å²) < 4.78 is 23.3. The van der Waals surface area contributed by atoms with Gasteiger partial charge >= 0.3 is 0 Å². The van der Waals surface area contributed by atoms with Crippen molar-refractivity contribution in [3.05, 3.63) is 30.4 Å². The van der Waals surface area contributed by atoms with Crippen molar-refractivity contribution in [3.8, 4) is 28.8 Å². The first kappa shape index (κ1) is 23.9. The average molecular weight is 477 g/mol. The number of hydrogen-bond acceptors (Lipinski definition) is 12. The number of aliphatic hydroxyl groups is 4. The number of aliphatic hydroxyl groups excluding tert-OH is 4. The minimum Gasteiger partial charge on any atom is -0.493 e. The van der Waals surface area contributed by atoms with Crippen molar-refractivity contribution in [1.29, 1.82) is 0 Å². The molecule has 1 fully saturated rings. The Bertz CT molecular complexity index is 1090. The minimum absolute atomic E-state index is 0.308. The van der Waals surface area contributed by atoms with E-state index in [1.54, 1.807) is 13.2 Å². The number of hydrogen-bond donors (Lipinski definition) is 5.